The van der Waals surface area contributed by atoms with Crippen LogP contribution in [0, 0.1) is 11.8 Å². The number of aliphatic hydroxyl groups excluding tert-OH is 3. The summed E-state index contributed by atoms with van der Waals surface area (Å²) in [6.45, 7) is 3.69. The fraction of sp³-hybridized carbons (Fsp3) is 0.510. The number of anilines is 1. The van der Waals surface area contributed by atoms with Crippen molar-refractivity contribution < 1.29 is 63.3 Å². The van der Waals surface area contributed by atoms with Crippen LogP contribution >= 0.6 is 11.8 Å². The molecular formula is C49H66N12O13S. The summed E-state index contributed by atoms with van der Waals surface area (Å²) in [6.07, 6.45) is -4.04. The van der Waals surface area contributed by atoms with Crippen molar-refractivity contribution in [2.24, 2.45) is 11.8 Å². The first-order valence-corrected chi connectivity index (χ1v) is 25.5. The molecule has 0 radical (unpaired) electrons. The first-order valence-electron chi connectivity index (χ1n) is 24.6. The number of rotatable bonds is 12. The lowest BCUT2D eigenvalue weighted by Gasteiger charge is -2.32. The zero-order valence-electron chi connectivity index (χ0n) is 42.1. The minimum absolute atomic E-state index is 0.0758. The maximum atomic E-state index is 14.9. The molecule has 25 nitrogen and oxygen atoms in total. The van der Waals surface area contributed by atoms with E-state index in [1.54, 1.807) is 76.3 Å². The largest absolute Gasteiger partial charge is 0.394 e. The van der Waals surface area contributed by atoms with E-state index < -0.39 is 151 Å². The molecule has 11 atom stereocenters. The fourth-order valence-electron chi connectivity index (χ4n) is 8.68. The summed E-state index contributed by atoms with van der Waals surface area (Å²) in [5, 5.41) is 57.1. The molecule has 26 heteroatoms. The maximum absolute atomic E-state index is 14.9. The number of nitrogens with one attached hydrogen (secondary N) is 11. The second-order valence-corrected chi connectivity index (χ2v) is 20.0. The molecule has 3 aliphatic heterocycles. The van der Waals surface area contributed by atoms with Crippen molar-refractivity contribution in [3.8, 4) is 0 Å². The van der Waals surface area contributed by atoms with Gasteiger partial charge in [0.2, 0.25) is 53.2 Å². The summed E-state index contributed by atoms with van der Waals surface area (Å²) in [5.74, 6) is -10.2. The van der Waals surface area contributed by atoms with Crippen LogP contribution in [0.5, 0.6) is 0 Å². The molecule has 1 fully saturated rings. The Kier molecular flexibility index (Phi) is 19.7. The second kappa shape index (κ2) is 25.9. The van der Waals surface area contributed by atoms with E-state index in [-0.39, 0.29) is 30.3 Å². The number of hydrogen-bond acceptors (Lipinski definition) is 15. The van der Waals surface area contributed by atoms with Crippen LogP contribution in [0.2, 0.25) is 0 Å². The molecule has 0 saturated carbocycles. The molecule has 0 spiro atoms. The Balaban J connectivity index is 1.44. The SMILES string of the molecule is CCC(C)C1NC(=O)CNC(=O)C2Cc3c([nH]c4ccccc34)SC(NC(=O)CNC1=O)C(=O)NC(CC(=O)NCc1ccc(NC(=O)[C@H](C)NC)cc1)C(=O)N1CC(O)CC1C(=O)NC(C(C)C(O)CO)C(=O)N2. The monoisotopic (exact) mass is 1060 g/mol. The lowest BCUT2D eigenvalue weighted by atomic mass is 9.94. The van der Waals surface area contributed by atoms with Gasteiger partial charge in [0.1, 0.15) is 30.2 Å². The number of fused-ring (bicyclic) bond motifs is 4. The molecule has 10 amide bonds. The van der Waals surface area contributed by atoms with Crippen molar-refractivity contribution in [1.82, 2.24) is 57.7 Å². The first-order chi connectivity index (χ1) is 35.7. The van der Waals surface area contributed by atoms with Crippen molar-refractivity contribution >= 4 is 87.4 Å². The highest BCUT2D eigenvalue weighted by Crippen LogP contribution is 2.33. The van der Waals surface area contributed by atoms with Crippen molar-refractivity contribution in [1.29, 1.82) is 0 Å². The van der Waals surface area contributed by atoms with E-state index in [2.05, 4.69) is 58.2 Å². The number of H-pyrrole nitrogens is 1. The topological polar surface area (TPSA) is 371 Å². The summed E-state index contributed by atoms with van der Waals surface area (Å²) >= 11 is 0.731. The van der Waals surface area contributed by atoms with Gasteiger partial charge in [-0.1, -0.05) is 69.3 Å². The summed E-state index contributed by atoms with van der Waals surface area (Å²) in [4.78, 5) is 144. The van der Waals surface area contributed by atoms with Crippen LogP contribution in [0.3, 0.4) is 0 Å². The quantitative estimate of drug-likeness (QED) is 0.0845. The molecule has 75 heavy (non-hydrogen) atoms. The summed E-state index contributed by atoms with van der Waals surface area (Å²) in [6, 6.07) is 5.02. The maximum Gasteiger partial charge on any atom is 0.254 e. The number of aromatic amines is 1. The fourth-order valence-corrected chi connectivity index (χ4v) is 9.79. The molecular weight excluding hydrogens is 997 g/mol. The van der Waals surface area contributed by atoms with E-state index in [0.29, 0.717) is 34.1 Å². The molecule has 2 bridgehead atoms. The Bertz CT molecular complexity index is 2630. The van der Waals surface area contributed by atoms with E-state index >= 15 is 0 Å². The minimum atomic E-state index is -1.79. The third kappa shape index (κ3) is 14.6. The summed E-state index contributed by atoms with van der Waals surface area (Å²) in [5.41, 5.74) is 1.88. The van der Waals surface area contributed by atoms with Gasteiger partial charge < -0.3 is 78.4 Å². The average Bonchev–Trinajstić information content (AvgIpc) is 3.96. The normalized spacial score (nSPS) is 25.2. The molecule has 2 aromatic carbocycles. The number of carbonyl (C=O) groups excluding carboxylic acids is 10. The third-order valence-electron chi connectivity index (χ3n) is 13.5. The van der Waals surface area contributed by atoms with Crippen LogP contribution in [-0.2, 0) is 60.9 Å². The van der Waals surface area contributed by atoms with Gasteiger partial charge in [0.25, 0.3) is 5.91 Å². The van der Waals surface area contributed by atoms with E-state index in [0.717, 1.165) is 16.7 Å². The molecule has 0 aliphatic carbocycles. The summed E-state index contributed by atoms with van der Waals surface area (Å²) < 4.78 is 0. The van der Waals surface area contributed by atoms with Crippen molar-refractivity contribution in [3.05, 3.63) is 59.7 Å². The Morgan fingerprint density at radius 1 is 0.813 bits per heavy atom. The number of carbonyl (C=O) groups is 10. The highest BCUT2D eigenvalue weighted by Gasteiger charge is 2.45. The lowest BCUT2D eigenvalue weighted by molar-refractivity contribution is -0.144. The van der Waals surface area contributed by atoms with E-state index in [9.17, 15) is 63.3 Å². The number of likely N-dealkylation sites (N-methyl/N-ethyl adjacent to an activating group) is 1. The zero-order chi connectivity index (χ0) is 54.7. The van der Waals surface area contributed by atoms with Gasteiger partial charge in [-0.15, -0.1) is 0 Å². The van der Waals surface area contributed by atoms with Crippen LogP contribution in [-0.4, -0.2) is 171 Å². The number of para-hydroxylation sites is 1. The number of nitrogens with zero attached hydrogens (tertiary/aromatic N) is 1. The predicted molar refractivity (Wildman–Crippen MR) is 271 cm³/mol. The molecule has 406 valence electrons. The molecule has 14 N–H and O–H groups in total. The number of hydrogen-bond donors (Lipinski definition) is 14. The average molecular weight is 1060 g/mol. The highest BCUT2D eigenvalue weighted by atomic mass is 32.2. The number of thioether (sulfide) groups is 1. The second-order valence-electron chi connectivity index (χ2n) is 18.9. The van der Waals surface area contributed by atoms with Gasteiger partial charge in [-0.25, -0.2) is 0 Å². The van der Waals surface area contributed by atoms with Crippen LogP contribution in [0.15, 0.2) is 53.6 Å². The third-order valence-corrected chi connectivity index (χ3v) is 14.7. The van der Waals surface area contributed by atoms with Crippen molar-refractivity contribution in [2.75, 3.05) is 38.6 Å². The Morgan fingerprint density at radius 3 is 2.17 bits per heavy atom. The van der Waals surface area contributed by atoms with Crippen molar-refractivity contribution in [3.63, 3.8) is 0 Å². The summed E-state index contributed by atoms with van der Waals surface area (Å²) in [7, 11) is 1.64. The van der Waals surface area contributed by atoms with Crippen LogP contribution in [0.4, 0.5) is 5.69 Å². The molecule has 4 heterocycles. The van der Waals surface area contributed by atoms with Gasteiger partial charge >= 0.3 is 0 Å². The Hall–Kier alpha value is -7.13. The Labute approximate surface area is 436 Å². The predicted octanol–water partition coefficient (Wildman–Crippen LogP) is -3.31. The zero-order valence-corrected chi connectivity index (χ0v) is 42.9. The number of amides is 10. The standard InChI is InChI=1S/C49H66N12O13S/c1-6-23(2)39-44(71)53-20-38(67)59-48-46(73)56-33(17-36(65)51-18-26-11-13-27(14-12-26)54-41(68)25(4)50-5)49(74)61-21-28(63)15-34(61)43(70)60-40(24(3)35(64)22-62)45(72)55-32(42(69)52-19-37(66)58-39)16-30-29-9-7-8-10-31(29)57-47(30)75-48/h7-14,23-25,28,32-35,39-40,48,50,57,62-64H,6,15-22H2,1-5H3,(H,51,65)(H,52,69)(H,53,71)(H,54,68)(H,55,72)(H,56,73)(H,58,66)(H,59,67)(H,60,70)/t23?,24?,25-,28?,32?,33?,34?,35?,39?,40?,48?/m0/s1. The van der Waals surface area contributed by atoms with E-state index in [1.807, 2.05) is 0 Å². The lowest BCUT2D eigenvalue weighted by Crippen LogP contribution is -2.61. The van der Waals surface area contributed by atoms with Gasteiger partial charge in [0, 0.05) is 48.4 Å². The molecule has 3 aliphatic rings. The van der Waals surface area contributed by atoms with Crippen LogP contribution in [0.1, 0.15) is 58.1 Å². The molecule has 1 saturated heterocycles. The minimum Gasteiger partial charge on any atom is -0.394 e. The van der Waals surface area contributed by atoms with Gasteiger partial charge in [-0.3, -0.25) is 47.9 Å². The van der Waals surface area contributed by atoms with Crippen LogP contribution in [0.25, 0.3) is 10.9 Å². The van der Waals surface area contributed by atoms with E-state index in [4.69, 9.17) is 0 Å². The van der Waals surface area contributed by atoms with E-state index in [1.165, 1.54) is 6.92 Å². The van der Waals surface area contributed by atoms with Gasteiger partial charge in [-0.2, -0.15) is 0 Å². The van der Waals surface area contributed by atoms with Gasteiger partial charge in [0.15, 0.2) is 5.37 Å². The van der Waals surface area contributed by atoms with Gasteiger partial charge in [-0.05, 0) is 49.2 Å². The first kappa shape index (κ1) is 57.2. The molecule has 10 unspecified atom stereocenters. The number of benzene rings is 2. The van der Waals surface area contributed by atoms with Crippen molar-refractivity contribution in [2.45, 2.75) is 119 Å². The van der Waals surface area contributed by atoms with Gasteiger partial charge in [0.05, 0.1) is 49.4 Å². The number of aromatic nitrogens is 1. The molecule has 1 aromatic heterocycles. The smallest absolute Gasteiger partial charge is 0.254 e. The number of aliphatic hydroxyl groups is 3. The molecule has 6 rings (SSSR count). The molecule has 3 aromatic rings. The van der Waals surface area contributed by atoms with Crippen LogP contribution < -0.4 is 53.2 Å². The highest BCUT2D eigenvalue weighted by molar-refractivity contribution is 8.00. The Morgan fingerprint density at radius 2 is 1.49 bits per heavy atom.